The van der Waals surface area contributed by atoms with Crippen molar-refractivity contribution in [2.75, 3.05) is 24.3 Å². The molecule has 0 unspecified atom stereocenters. The summed E-state index contributed by atoms with van der Waals surface area (Å²) >= 11 is 0. The molecule has 1 aromatic carbocycles. The number of nitrogen functional groups attached to an aromatic ring is 1. The van der Waals surface area contributed by atoms with Crippen LogP contribution in [0.25, 0.3) is 0 Å². The molecule has 1 heterocycles. The van der Waals surface area contributed by atoms with Crippen molar-refractivity contribution in [3.63, 3.8) is 0 Å². The fraction of sp³-hybridized carbons (Fsp3) is 0.462. The van der Waals surface area contributed by atoms with Gasteiger partial charge in [0.25, 0.3) is 0 Å². The van der Waals surface area contributed by atoms with Gasteiger partial charge in [-0.2, -0.15) is 0 Å². The Morgan fingerprint density at radius 3 is 2.88 bits per heavy atom. The number of methoxy groups -OCH3 is 1. The molecule has 1 saturated heterocycles. The van der Waals surface area contributed by atoms with Crippen LogP contribution < -0.4 is 15.4 Å². The maximum atomic E-state index is 12.0. The molecule has 17 heavy (non-hydrogen) atoms. The van der Waals surface area contributed by atoms with Crippen LogP contribution in [-0.4, -0.2) is 19.6 Å². The van der Waals surface area contributed by atoms with Gasteiger partial charge in [0.2, 0.25) is 5.91 Å². The molecule has 0 aromatic heterocycles. The molecule has 0 saturated carbocycles. The third-order valence-electron chi connectivity index (χ3n) is 3.07. The second-order valence-corrected chi connectivity index (χ2v) is 4.29. The average Bonchev–Trinajstić information content (AvgIpc) is 2.54. The molecule has 2 rings (SSSR count). The summed E-state index contributed by atoms with van der Waals surface area (Å²) in [6.45, 7) is 0.763. The van der Waals surface area contributed by atoms with Crippen LogP contribution in [-0.2, 0) is 4.79 Å². The van der Waals surface area contributed by atoms with E-state index >= 15 is 0 Å². The van der Waals surface area contributed by atoms with E-state index in [4.69, 9.17) is 10.5 Å². The van der Waals surface area contributed by atoms with Crippen LogP contribution in [0.15, 0.2) is 18.2 Å². The molecular weight excluding hydrogens is 216 g/mol. The molecule has 92 valence electrons. The summed E-state index contributed by atoms with van der Waals surface area (Å²) in [5, 5.41) is 0. The Labute approximate surface area is 101 Å². The Morgan fingerprint density at radius 2 is 2.12 bits per heavy atom. The lowest BCUT2D eigenvalue weighted by Crippen LogP contribution is -2.30. The van der Waals surface area contributed by atoms with E-state index in [1.807, 2.05) is 11.0 Å². The van der Waals surface area contributed by atoms with E-state index in [1.54, 1.807) is 19.2 Å². The number of nitrogens with zero attached hydrogens (tertiary/aromatic N) is 1. The van der Waals surface area contributed by atoms with E-state index in [1.165, 1.54) is 0 Å². The van der Waals surface area contributed by atoms with E-state index in [9.17, 15) is 4.79 Å². The standard InChI is InChI=1S/C13H18N2O2/c1-17-12-9-10(14)6-7-11(12)15-8-4-2-3-5-13(15)16/h6-7,9H,2-5,8,14H2,1H3. The summed E-state index contributed by atoms with van der Waals surface area (Å²) < 4.78 is 5.29. The first-order chi connectivity index (χ1) is 8.22. The molecule has 4 heteroatoms. The number of carbonyl (C=O) groups is 1. The van der Waals surface area contributed by atoms with Gasteiger partial charge in [-0.25, -0.2) is 0 Å². The fourth-order valence-corrected chi connectivity index (χ4v) is 2.15. The van der Waals surface area contributed by atoms with Gasteiger partial charge in [0.1, 0.15) is 5.75 Å². The van der Waals surface area contributed by atoms with Crippen LogP contribution in [0.4, 0.5) is 11.4 Å². The molecular formula is C13H18N2O2. The highest BCUT2D eigenvalue weighted by molar-refractivity contribution is 5.95. The average molecular weight is 234 g/mol. The zero-order valence-electron chi connectivity index (χ0n) is 10.1. The Balaban J connectivity index is 2.34. The molecule has 0 bridgehead atoms. The van der Waals surface area contributed by atoms with Gasteiger partial charge >= 0.3 is 0 Å². The number of hydrogen-bond acceptors (Lipinski definition) is 3. The summed E-state index contributed by atoms with van der Waals surface area (Å²) in [6.07, 6.45) is 3.75. The van der Waals surface area contributed by atoms with Gasteiger partial charge < -0.3 is 15.4 Å². The van der Waals surface area contributed by atoms with Gasteiger partial charge in [0, 0.05) is 24.7 Å². The molecule has 1 aliphatic heterocycles. The Hall–Kier alpha value is -1.71. The minimum absolute atomic E-state index is 0.172. The minimum Gasteiger partial charge on any atom is -0.494 e. The number of benzene rings is 1. The van der Waals surface area contributed by atoms with Gasteiger partial charge in [-0.3, -0.25) is 4.79 Å². The topological polar surface area (TPSA) is 55.6 Å². The van der Waals surface area contributed by atoms with Crippen molar-refractivity contribution in [3.8, 4) is 5.75 Å². The van der Waals surface area contributed by atoms with Crippen LogP contribution in [0, 0.1) is 0 Å². The molecule has 1 aromatic rings. The lowest BCUT2D eigenvalue weighted by Gasteiger charge is -2.23. The molecule has 1 amide bonds. The predicted molar refractivity (Wildman–Crippen MR) is 68.2 cm³/mol. The van der Waals surface area contributed by atoms with Crippen molar-refractivity contribution in [1.29, 1.82) is 0 Å². The minimum atomic E-state index is 0.172. The normalized spacial score (nSPS) is 16.8. The number of ether oxygens (including phenoxy) is 1. The third kappa shape index (κ3) is 2.52. The first-order valence-corrected chi connectivity index (χ1v) is 5.96. The maximum Gasteiger partial charge on any atom is 0.227 e. The highest BCUT2D eigenvalue weighted by atomic mass is 16.5. The van der Waals surface area contributed by atoms with E-state index in [0.29, 0.717) is 17.9 Å². The highest BCUT2D eigenvalue weighted by Gasteiger charge is 2.21. The van der Waals surface area contributed by atoms with Crippen molar-refractivity contribution >= 4 is 17.3 Å². The largest absolute Gasteiger partial charge is 0.494 e. The van der Waals surface area contributed by atoms with Crippen molar-refractivity contribution in [2.45, 2.75) is 25.7 Å². The Kier molecular flexibility index (Phi) is 3.52. The predicted octanol–water partition coefficient (Wildman–Crippen LogP) is 2.18. The molecule has 0 atom stereocenters. The van der Waals surface area contributed by atoms with Crippen molar-refractivity contribution in [3.05, 3.63) is 18.2 Å². The van der Waals surface area contributed by atoms with E-state index in [-0.39, 0.29) is 5.91 Å². The van der Waals surface area contributed by atoms with Gasteiger partial charge in [-0.15, -0.1) is 0 Å². The monoisotopic (exact) mass is 234 g/mol. The van der Waals surface area contributed by atoms with Gasteiger partial charge in [-0.1, -0.05) is 6.42 Å². The first kappa shape index (κ1) is 11.8. The maximum absolute atomic E-state index is 12.0. The van der Waals surface area contributed by atoms with Gasteiger partial charge in [0.15, 0.2) is 0 Å². The summed E-state index contributed by atoms with van der Waals surface area (Å²) in [6, 6.07) is 5.42. The zero-order chi connectivity index (χ0) is 12.3. The number of carbonyl (C=O) groups excluding carboxylic acids is 1. The number of anilines is 2. The van der Waals surface area contributed by atoms with E-state index < -0.39 is 0 Å². The van der Waals surface area contributed by atoms with Gasteiger partial charge in [0.05, 0.1) is 12.8 Å². The van der Waals surface area contributed by atoms with Crippen LogP contribution in [0.5, 0.6) is 5.75 Å². The van der Waals surface area contributed by atoms with Crippen LogP contribution in [0.3, 0.4) is 0 Å². The molecule has 0 radical (unpaired) electrons. The van der Waals surface area contributed by atoms with Crippen molar-refractivity contribution in [2.24, 2.45) is 0 Å². The molecule has 0 spiro atoms. The number of amides is 1. The van der Waals surface area contributed by atoms with Gasteiger partial charge in [-0.05, 0) is 25.0 Å². The van der Waals surface area contributed by atoms with E-state index in [0.717, 1.165) is 31.5 Å². The van der Waals surface area contributed by atoms with Crippen molar-refractivity contribution in [1.82, 2.24) is 0 Å². The molecule has 4 nitrogen and oxygen atoms in total. The number of nitrogens with two attached hydrogens (primary N) is 1. The smallest absolute Gasteiger partial charge is 0.227 e. The SMILES string of the molecule is COc1cc(N)ccc1N1CCCCCC1=O. The van der Waals surface area contributed by atoms with Crippen LogP contribution in [0.2, 0.25) is 0 Å². The molecule has 0 aliphatic carbocycles. The van der Waals surface area contributed by atoms with Crippen LogP contribution in [0.1, 0.15) is 25.7 Å². The Morgan fingerprint density at radius 1 is 1.29 bits per heavy atom. The number of hydrogen-bond donors (Lipinski definition) is 1. The fourth-order valence-electron chi connectivity index (χ4n) is 2.15. The highest BCUT2D eigenvalue weighted by Crippen LogP contribution is 2.32. The molecule has 1 fully saturated rings. The number of rotatable bonds is 2. The summed E-state index contributed by atoms with van der Waals surface area (Å²) in [7, 11) is 1.60. The zero-order valence-corrected chi connectivity index (χ0v) is 10.1. The third-order valence-corrected chi connectivity index (χ3v) is 3.07. The van der Waals surface area contributed by atoms with E-state index in [2.05, 4.69) is 0 Å². The van der Waals surface area contributed by atoms with Crippen molar-refractivity contribution < 1.29 is 9.53 Å². The second-order valence-electron chi connectivity index (χ2n) is 4.29. The molecule has 1 aliphatic rings. The second kappa shape index (κ2) is 5.08. The lowest BCUT2D eigenvalue weighted by atomic mass is 10.2. The molecule has 2 N–H and O–H groups in total. The summed E-state index contributed by atoms with van der Waals surface area (Å²) in [4.78, 5) is 13.8. The van der Waals surface area contributed by atoms with Crippen LogP contribution >= 0.6 is 0 Å². The lowest BCUT2D eigenvalue weighted by molar-refractivity contribution is -0.118. The first-order valence-electron chi connectivity index (χ1n) is 5.96. The quantitative estimate of drug-likeness (QED) is 0.798. The summed E-state index contributed by atoms with van der Waals surface area (Å²) in [5.41, 5.74) is 7.19. The summed E-state index contributed by atoms with van der Waals surface area (Å²) in [5.74, 6) is 0.839. The Bertz CT molecular complexity index is 418.